The Hall–Kier alpha value is -2.12. The number of amides is 1. The SMILES string of the molecule is Cc1[nH]nc2cccc(OC[C@@H](O)CCCCCC(=O)N3CCOCC3)c12. The minimum absolute atomic E-state index is 0.214. The van der Waals surface area contributed by atoms with Crippen molar-refractivity contribution < 1.29 is 19.4 Å². The molecule has 0 radical (unpaired) electrons. The largest absolute Gasteiger partial charge is 0.490 e. The van der Waals surface area contributed by atoms with Gasteiger partial charge in [0.15, 0.2) is 0 Å². The average molecular weight is 375 g/mol. The van der Waals surface area contributed by atoms with Crippen molar-refractivity contribution in [3.8, 4) is 5.75 Å². The highest BCUT2D eigenvalue weighted by Gasteiger charge is 2.16. The smallest absolute Gasteiger partial charge is 0.222 e. The first-order valence-electron chi connectivity index (χ1n) is 9.75. The summed E-state index contributed by atoms with van der Waals surface area (Å²) in [6.07, 6.45) is 3.42. The first-order chi connectivity index (χ1) is 13.1. The third-order valence-electron chi connectivity index (χ3n) is 4.95. The third kappa shape index (κ3) is 5.43. The highest BCUT2D eigenvalue weighted by Crippen LogP contribution is 2.27. The fourth-order valence-corrected chi connectivity index (χ4v) is 3.38. The summed E-state index contributed by atoms with van der Waals surface area (Å²) in [5.41, 5.74) is 1.82. The molecule has 2 N–H and O–H groups in total. The van der Waals surface area contributed by atoms with Gasteiger partial charge < -0.3 is 19.5 Å². The summed E-state index contributed by atoms with van der Waals surface area (Å²) >= 11 is 0. The Morgan fingerprint density at radius 3 is 2.96 bits per heavy atom. The number of carbonyl (C=O) groups excluding carboxylic acids is 1. The van der Waals surface area contributed by atoms with Gasteiger partial charge >= 0.3 is 0 Å². The zero-order valence-corrected chi connectivity index (χ0v) is 15.9. The molecule has 2 aromatic rings. The van der Waals surface area contributed by atoms with Crippen molar-refractivity contribution in [1.29, 1.82) is 0 Å². The summed E-state index contributed by atoms with van der Waals surface area (Å²) in [7, 11) is 0. The Morgan fingerprint density at radius 2 is 2.15 bits per heavy atom. The molecular formula is C20H29N3O4. The van der Waals surface area contributed by atoms with Crippen LogP contribution in [0.2, 0.25) is 0 Å². The van der Waals surface area contributed by atoms with Gasteiger partial charge in [-0.3, -0.25) is 9.89 Å². The number of nitrogens with zero attached hydrogens (tertiary/aromatic N) is 2. The second kappa shape index (κ2) is 9.71. The Labute approximate surface area is 159 Å². The Balaban J connectivity index is 1.32. The van der Waals surface area contributed by atoms with Crippen LogP contribution >= 0.6 is 0 Å². The first-order valence-corrected chi connectivity index (χ1v) is 9.75. The fraction of sp³-hybridized carbons (Fsp3) is 0.600. The van der Waals surface area contributed by atoms with Crippen molar-refractivity contribution in [3.05, 3.63) is 23.9 Å². The standard InChI is InChI=1S/C20H29N3O4/c1-15-20-17(22-21-15)7-5-8-18(20)27-14-16(24)6-3-2-4-9-19(25)23-10-12-26-13-11-23/h5,7-8,16,24H,2-4,6,9-14H2,1H3,(H,21,22)/t16-/m0/s1. The van der Waals surface area contributed by atoms with Crippen LogP contribution in [-0.4, -0.2) is 65.1 Å². The average Bonchev–Trinajstić information content (AvgIpc) is 3.08. The number of hydrogen-bond donors (Lipinski definition) is 2. The molecule has 1 amide bonds. The topological polar surface area (TPSA) is 87.7 Å². The van der Waals surface area contributed by atoms with E-state index in [0.29, 0.717) is 39.1 Å². The van der Waals surface area contributed by atoms with Gasteiger partial charge in [-0.25, -0.2) is 0 Å². The van der Waals surface area contributed by atoms with Crippen molar-refractivity contribution in [2.75, 3.05) is 32.9 Å². The maximum Gasteiger partial charge on any atom is 0.222 e. The Kier molecular flexibility index (Phi) is 7.06. The number of aromatic nitrogens is 2. The molecule has 2 heterocycles. The number of unbranched alkanes of at least 4 members (excludes halogenated alkanes) is 2. The molecule has 1 aliphatic rings. The van der Waals surface area contributed by atoms with Gasteiger partial charge in [0.2, 0.25) is 5.91 Å². The van der Waals surface area contributed by atoms with E-state index in [4.69, 9.17) is 9.47 Å². The van der Waals surface area contributed by atoms with Crippen LogP contribution in [0.15, 0.2) is 18.2 Å². The molecule has 0 saturated carbocycles. The summed E-state index contributed by atoms with van der Waals surface area (Å²) in [5, 5.41) is 18.3. The van der Waals surface area contributed by atoms with Crippen molar-refractivity contribution in [3.63, 3.8) is 0 Å². The predicted octanol–water partition coefficient (Wildman–Crippen LogP) is 2.42. The molecule has 27 heavy (non-hydrogen) atoms. The van der Waals surface area contributed by atoms with Gasteiger partial charge in [0.05, 0.1) is 30.2 Å². The Morgan fingerprint density at radius 1 is 1.33 bits per heavy atom. The van der Waals surface area contributed by atoms with E-state index in [-0.39, 0.29) is 12.5 Å². The molecule has 3 rings (SSSR count). The molecule has 0 spiro atoms. The lowest BCUT2D eigenvalue weighted by Gasteiger charge is -2.26. The lowest BCUT2D eigenvalue weighted by molar-refractivity contribution is -0.135. The minimum Gasteiger partial charge on any atom is -0.490 e. The molecule has 1 saturated heterocycles. The van der Waals surface area contributed by atoms with Gasteiger partial charge in [-0.05, 0) is 31.9 Å². The molecular weight excluding hydrogens is 346 g/mol. The summed E-state index contributed by atoms with van der Waals surface area (Å²) in [4.78, 5) is 13.9. The lowest BCUT2D eigenvalue weighted by Crippen LogP contribution is -2.40. The van der Waals surface area contributed by atoms with E-state index in [2.05, 4.69) is 10.2 Å². The molecule has 1 atom stereocenters. The molecule has 1 fully saturated rings. The number of benzene rings is 1. The molecule has 7 heteroatoms. The van der Waals surface area contributed by atoms with Crippen LogP contribution in [-0.2, 0) is 9.53 Å². The number of hydrogen-bond acceptors (Lipinski definition) is 5. The fourth-order valence-electron chi connectivity index (χ4n) is 3.38. The summed E-state index contributed by atoms with van der Waals surface area (Å²) < 4.78 is 11.1. The monoisotopic (exact) mass is 375 g/mol. The number of fused-ring (bicyclic) bond motifs is 1. The number of carbonyl (C=O) groups is 1. The van der Waals surface area contributed by atoms with Gasteiger partial charge in [-0.2, -0.15) is 5.10 Å². The second-order valence-corrected chi connectivity index (χ2v) is 7.06. The number of aliphatic hydroxyl groups excluding tert-OH is 1. The molecule has 1 aromatic heterocycles. The summed E-state index contributed by atoms with van der Waals surface area (Å²) in [6, 6.07) is 5.73. The number of rotatable bonds is 9. The lowest BCUT2D eigenvalue weighted by atomic mass is 10.1. The summed E-state index contributed by atoms with van der Waals surface area (Å²) in [6.45, 7) is 4.91. The van der Waals surface area contributed by atoms with E-state index < -0.39 is 6.10 Å². The van der Waals surface area contributed by atoms with E-state index in [1.165, 1.54) is 0 Å². The van der Waals surface area contributed by atoms with Gasteiger partial charge in [-0.1, -0.05) is 18.9 Å². The van der Waals surface area contributed by atoms with Crippen LogP contribution in [0, 0.1) is 6.92 Å². The van der Waals surface area contributed by atoms with Gasteiger partial charge in [0.1, 0.15) is 12.4 Å². The van der Waals surface area contributed by atoms with Crippen LogP contribution in [0.4, 0.5) is 0 Å². The highest BCUT2D eigenvalue weighted by atomic mass is 16.5. The van der Waals surface area contributed by atoms with Gasteiger partial charge in [0.25, 0.3) is 0 Å². The van der Waals surface area contributed by atoms with E-state index >= 15 is 0 Å². The first kappa shape index (κ1) is 19.6. The molecule has 148 valence electrons. The quantitative estimate of drug-likeness (QED) is 0.657. The number of morpholine rings is 1. The number of aromatic amines is 1. The van der Waals surface area contributed by atoms with Gasteiger partial charge in [0, 0.05) is 25.2 Å². The zero-order valence-electron chi connectivity index (χ0n) is 15.9. The number of ether oxygens (including phenoxy) is 2. The minimum atomic E-state index is -0.512. The van der Waals surface area contributed by atoms with Crippen LogP contribution in [0.1, 0.15) is 37.8 Å². The van der Waals surface area contributed by atoms with E-state index in [1.807, 2.05) is 30.0 Å². The van der Waals surface area contributed by atoms with Crippen LogP contribution < -0.4 is 4.74 Å². The van der Waals surface area contributed by atoms with Crippen molar-refractivity contribution in [2.45, 2.75) is 45.1 Å². The highest BCUT2D eigenvalue weighted by molar-refractivity contribution is 5.87. The number of aliphatic hydroxyl groups is 1. The van der Waals surface area contributed by atoms with Crippen LogP contribution in [0.25, 0.3) is 10.9 Å². The Bertz CT molecular complexity index is 740. The zero-order chi connectivity index (χ0) is 19.1. The van der Waals surface area contributed by atoms with Crippen molar-refractivity contribution >= 4 is 16.8 Å². The van der Waals surface area contributed by atoms with Crippen molar-refractivity contribution in [2.24, 2.45) is 0 Å². The summed E-state index contributed by atoms with van der Waals surface area (Å²) in [5.74, 6) is 0.958. The van der Waals surface area contributed by atoms with Gasteiger partial charge in [-0.15, -0.1) is 0 Å². The predicted molar refractivity (Wildman–Crippen MR) is 103 cm³/mol. The molecule has 7 nitrogen and oxygen atoms in total. The molecule has 0 aliphatic carbocycles. The van der Waals surface area contributed by atoms with E-state index in [0.717, 1.165) is 41.6 Å². The molecule has 1 aliphatic heterocycles. The molecule has 0 unspecified atom stereocenters. The van der Waals surface area contributed by atoms with Crippen LogP contribution in [0.3, 0.4) is 0 Å². The molecule has 1 aromatic carbocycles. The maximum atomic E-state index is 12.1. The van der Waals surface area contributed by atoms with E-state index in [1.54, 1.807) is 0 Å². The molecule has 0 bridgehead atoms. The van der Waals surface area contributed by atoms with E-state index in [9.17, 15) is 9.90 Å². The third-order valence-corrected chi connectivity index (χ3v) is 4.95. The van der Waals surface area contributed by atoms with Crippen molar-refractivity contribution in [1.82, 2.24) is 15.1 Å². The second-order valence-electron chi connectivity index (χ2n) is 7.06. The number of aryl methyl sites for hydroxylation is 1. The van der Waals surface area contributed by atoms with Crippen LogP contribution in [0.5, 0.6) is 5.75 Å². The number of H-pyrrole nitrogens is 1. The maximum absolute atomic E-state index is 12.1. The number of nitrogens with one attached hydrogen (secondary N) is 1. The normalized spacial score (nSPS) is 15.9.